The van der Waals surface area contributed by atoms with E-state index in [1.54, 1.807) is 37.4 Å². The van der Waals surface area contributed by atoms with Gasteiger partial charge in [-0.05, 0) is 55.7 Å². The number of benzene rings is 2. The van der Waals surface area contributed by atoms with Crippen LogP contribution in [0.2, 0.25) is 0 Å². The van der Waals surface area contributed by atoms with Crippen LogP contribution >= 0.6 is 0 Å². The lowest BCUT2D eigenvalue weighted by Crippen LogP contribution is -2.52. The van der Waals surface area contributed by atoms with Gasteiger partial charge in [0.15, 0.2) is 0 Å². The molecular weight excluding hydrogens is 442 g/mol. The minimum atomic E-state index is -3.74. The van der Waals surface area contributed by atoms with Crippen LogP contribution in [0, 0.1) is 6.92 Å². The van der Waals surface area contributed by atoms with Crippen LogP contribution in [0.4, 0.5) is 5.69 Å². The Morgan fingerprint density at radius 2 is 1.76 bits per heavy atom. The van der Waals surface area contributed by atoms with Crippen molar-refractivity contribution in [3.8, 4) is 5.75 Å². The zero-order chi connectivity index (χ0) is 24.6. The number of carbonyl (C=O) groups is 2. The van der Waals surface area contributed by atoms with Crippen LogP contribution in [0.3, 0.4) is 0 Å². The van der Waals surface area contributed by atoms with Gasteiger partial charge in [-0.15, -0.1) is 0 Å². The molecule has 0 heterocycles. The number of hydrogen-bond donors (Lipinski definition) is 1. The van der Waals surface area contributed by atoms with E-state index in [0.29, 0.717) is 24.4 Å². The van der Waals surface area contributed by atoms with Crippen LogP contribution in [0.1, 0.15) is 31.4 Å². The Morgan fingerprint density at radius 3 is 2.27 bits per heavy atom. The summed E-state index contributed by atoms with van der Waals surface area (Å²) in [5.41, 5.74) is 2.08. The summed E-state index contributed by atoms with van der Waals surface area (Å²) >= 11 is 0. The third-order valence-corrected chi connectivity index (χ3v) is 6.36. The molecule has 33 heavy (non-hydrogen) atoms. The monoisotopic (exact) mass is 475 g/mol. The van der Waals surface area contributed by atoms with Gasteiger partial charge >= 0.3 is 0 Å². The number of anilines is 1. The number of hydrogen-bond acceptors (Lipinski definition) is 5. The van der Waals surface area contributed by atoms with Crippen molar-refractivity contribution in [1.82, 2.24) is 10.2 Å². The van der Waals surface area contributed by atoms with E-state index in [4.69, 9.17) is 4.74 Å². The van der Waals surface area contributed by atoms with Gasteiger partial charge < -0.3 is 15.0 Å². The summed E-state index contributed by atoms with van der Waals surface area (Å²) in [6.45, 7) is 5.66. The standard InChI is InChI=1S/C24H33N3O5S/c1-6-22(24(29)25-7-2)26(16-19-11-13-21(32-4)14-12-19)23(28)17-27(33(5,30)31)20-10-8-9-18(3)15-20/h8-15,22H,6-7,16-17H2,1-5H3,(H,25,29)/t22-/m0/s1. The highest BCUT2D eigenvalue weighted by atomic mass is 32.2. The molecule has 0 spiro atoms. The van der Waals surface area contributed by atoms with Crippen LogP contribution in [-0.4, -0.2) is 57.6 Å². The normalized spacial score (nSPS) is 12.0. The Balaban J connectivity index is 2.42. The van der Waals surface area contributed by atoms with Gasteiger partial charge in [-0.3, -0.25) is 13.9 Å². The number of likely N-dealkylation sites (N-methyl/N-ethyl adjacent to an activating group) is 1. The van der Waals surface area contributed by atoms with Crippen LogP contribution in [0.25, 0.3) is 0 Å². The molecule has 2 aromatic rings. The van der Waals surface area contributed by atoms with E-state index in [0.717, 1.165) is 21.7 Å². The molecule has 2 amide bonds. The summed E-state index contributed by atoms with van der Waals surface area (Å²) in [7, 11) is -2.17. The molecule has 180 valence electrons. The molecule has 9 heteroatoms. The maximum atomic E-state index is 13.5. The van der Waals surface area contributed by atoms with E-state index >= 15 is 0 Å². The molecule has 0 saturated carbocycles. The van der Waals surface area contributed by atoms with Crippen molar-refractivity contribution >= 4 is 27.5 Å². The van der Waals surface area contributed by atoms with Gasteiger partial charge in [0.1, 0.15) is 18.3 Å². The zero-order valence-electron chi connectivity index (χ0n) is 19.9. The summed E-state index contributed by atoms with van der Waals surface area (Å²) < 4.78 is 31.4. The van der Waals surface area contributed by atoms with E-state index in [1.165, 1.54) is 4.90 Å². The molecule has 2 rings (SSSR count). The van der Waals surface area contributed by atoms with Crippen molar-refractivity contribution in [2.75, 3.05) is 30.8 Å². The Labute approximate surface area is 196 Å². The molecule has 0 unspecified atom stereocenters. The third kappa shape index (κ3) is 7.21. The minimum absolute atomic E-state index is 0.157. The maximum absolute atomic E-state index is 13.5. The molecular formula is C24H33N3O5S. The van der Waals surface area contributed by atoms with Crippen LogP contribution in [0.15, 0.2) is 48.5 Å². The topological polar surface area (TPSA) is 96.0 Å². The smallest absolute Gasteiger partial charge is 0.244 e. The molecule has 0 aliphatic heterocycles. The number of carbonyl (C=O) groups excluding carboxylic acids is 2. The molecule has 0 saturated heterocycles. The summed E-state index contributed by atoms with van der Waals surface area (Å²) in [6, 6.07) is 13.4. The van der Waals surface area contributed by atoms with Crippen LogP contribution < -0.4 is 14.4 Å². The molecule has 0 bridgehead atoms. The number of amides is 2. The zero-order valence-corrected chi connectivity index (χ0v) is 20.7. The molecule has 2 aromatic carbocycles. The number of sulfonamides is 1. The van der Waals surface area contributed by atoms with Crippen molar-refractivity contribution in [2.45, 2.75) is 39.8 Å². The molecule has 0 aliphatic carbocycles. The second kappa shape index (κ2) is 11.7. The molecule has 8 nitrogen and oxygen atoms in total. The Kier molecular flexibility index (Phi) is 9.28. The van der Waals surface area contributed by atoms with Gasteiger partial charge in [-0.25, -0.2) is 8.42 Å². The van der Waals surface area contributed by atoms with E-state index in [9.17, 15) is 18.0 Å². The SMILES string of the molecule is CCNC(=O)[C@H](CC)N(Cc1ccc(OC)cc1)C(=O)CN(c1cccc(C)c1)S(C)(=O)=O. The molecule has 0 radical (unpaired) electrons. The van der Waals surface area contributed by atoms with Crippen molar-refractivity contribution < 1.29 is 22.7 Å². The Hall–Kier alpha value is -3.07. The highest BCUT2D eigenvalue weighted by Crippen LogP contribution is 2.21. The fourth-order valence-electron chi connectivity index (χ4n) is 3.54. The minimum Gasteiger partial charge on any atom is -0.497 e. The maximum Gasteiger partial charge on any atom is 0.244 e. The van der Waals surface area contributed by atoms with Crippen molar-refractivity contribution in [3.63, 3.8) is 0 Å². The summed E-state index contributed by atoms with van der Waals surface area (Å²) in [5, 5.41) is 2.77. The lowest BCUT2D eigenvalue weighted by atomic mass is 10.1. The predicted molar refractivity (Wildman–Crippen MR) is 130 cm³/mol. The summed E-state index contributed by atoms with van der Waals surface area (Å²) in [6.07, 6.45) is 1.45. The van der Waals surface area contributed by atoms with Gasteiger partial charge in [0.05, 0.1) is 19.1 Å². The lowest BCUT2D eigenvalue weighted by molar-refractivity contribution is -0.140. The first-order valence-electron chi connectivity index (χ1n) is 10.8. The molecule has 1 atom stereocenters. The van der Waals surface area contributed by atoms with E-state index in [2.05, 4.69) is 5.32 Å². The molecule has 0 fully saturated rings. The fourth-order valence-corrected chi connectivity index (χ4v) is 4.38. The Morgan fingerprint density at radius 1 is 1.09 bits per heavy atom. The molecule has 0 aliphatic rings. The quantitative estimate of drug-likeness (QED) is 0.539. The second-order valence-corrected chi connectivity index (χ2v) is 9.70. The van der Waals surface area contributed by atoms with Crippen molar-refractivity contribution in [3.05, 3.63) is 59.7 Å². The average molecular weight is 476 g/mol. The number of rotatable bonds is 11. The summed E-state index contributed by atoms with van der Waals surface area (Å²) in [4.78, 5) is 27.7. The number of ether oxygens (including phenoxy) is 1. The van der Waals surface area contributed by atoms with Crippen LogP contribution in [-0.2, 0) is 26.2 Å². The fraction of sp³-hybridized carbons (Fsp3) is 0.417. The van der Waals surface area contributed by atoms with Gasteiger partial charge in [-0.2, -0.15) is 0 Å². The van der Waals surface area contributed by atoms with E-state index < -0.39 is 28.5 Å². The average Bonchev–Trinajstić information content (AvgIpc) is 2.77. The number of nitrogens with zero attached hydrogens (tertiary/aromatic N) is 2. The highest BCUT2D eigenvalue weighted by Gasteiger charge is 2.31. The Bertz CT molecular complexity index is 1050. The first-order valence-corrected chi connectivity index (χ1v) is 12.7. The largest absolute Gasteiger partial charge is 0.497 e. The number of methoxy groups -OCH3 is 1. The lowest BCUT2D eigenvalue weighted by Gasteiger charge is -2.32. The highest BCUT2D eigenvalue weighted by molar-refractivity contribution is 7.92. The second-order valence-electron chi connectivity index (χ2n) is 7.80. The third-order valence-electron chi connectivity index (χ3n) is 5.22. The molecule has 1 N–H and O–H groups in total. The first-order chi connectivity index (χ1) is 15.6. The van der Waals surface area contributed by atoms with Gasteiger partial charge in [0.2, 0.25) is 21.8 Å². The molecule has 0 aromatic heterocycles. The van der Waals surface area contributed by atoms with E-state index in [-0.39, 0.29) is 12.5 Å². The van der Waals surface area contributed by atoms with Crippen molar-refractivity contribution in [2.24, 2.45) is 0 Å². The predicted octanol–water partition coefficient (Wildman–Crippen LogP) is 2.71. The van der Waals surface area contributed by atoms with Crippen molar-refractivity contribution in [1.29, 1.82) is 0 Å². The number of aryl methyl sites for hydroxylation is 1. The summed E-state index contributed by atoms with van der Waals surface area (Å²) in [5.74, 6) is -0.0609. The van der Waals surface area contributed by atoms with E-state index in [1.807, 2.05) is 39.0 Å². The first kappa shape index (κ1) is 26.2. The van der Waals surface area contributed by atoms with Gasteiger partial charge in [0.25, 0.3) is 0 Å². The van der Waals surface area contributed by atoms with Crippen LogP contribution in [0.5, 0.6) is 5.75 Å². The number of nitrogens with one attached hydrogen (secondary N) is 1. The van der Waals surface area contributed by atoms with Gasteiger partial charge in [-0.1, -0.05) is 31.2 Å². The van der Waals surface area contributed by atoms with Gasteiger partial charge in [0, 0.05) is 13.1 Å².